The van der Waals surface area contributed by atoms with E-state index in [2.05, 4.69) is 93.7 Å². The smallest absolute Gasteiger partial charge is 0.306 e. The monoisotopic (exact) mass is 977 g/mol. The summed E-state index contributed by atoms with van der Waals surface area (Å²) in [4.78, 5) is 38.0. The van der Waals surface area contributed by atoms with Crippen LogP contribution in [0.15, 0.2) is 72.9 Å². The molecule has 0 bridgehead atoms. The molecule has 0 saturated heterocycles. The normalized spacial score (nSPS) is 12.6. The largest absolute Gasteiger partial charge is 0.462 e. The van der Waals surface area contributed by atoms with E-state index in [9.17, 15) is 14.4 Å². The number of hydrogen-bond donors (Lipinski definition) is 0. The summed E-state index contributed by atoms with van der Waals surface area (Å²) in [7, 11) is 0. The summed E-state index contributed by atoms with van der Waals surface area (Å²) in [5, 5.41) is 0. The van der Waals surface area contributed by atoms with Gasteiger partial charge in [0.05, 0.1) is 0 Å². The predicted molar refractivity (Wildman–Crippen MR) is 302 cm³/mol. The maximum absolute atomic E-state index is 12.8. The van der Waals surface area contributed by atoms with Crippen molar-refractivity contribution in [3.63, 3.8) is 0 Å². The number of allylic oxidation sites excluding steroid dienone is 12. The summed E-state index contributed by atoms with van der Waals surface area (Å²) in [5.41, 5.74) is 0. The molecule has 0 heterocycles. The highest BCUT2D eigenvalue weighted by Crippen LogP contribution is 2.16. The number of unbranched alkanes of at least 4 members (excludes halogenated alkanes) is 31. The Balaban J connectivity index is 4.06. The number of carbonyl (C=O) groups is 3. The molecule has 1 unspecified atom stereocenters. The van der Waals surface area contributed by atoms with Crippen molar-refractivity contribution in [3.05, 3.63) is 72.9 Å². The van der Waals surface area contributed by atoms with E-state index < -0.39 is 6.10 Å². The first-order chi connectivity index (χ1) is 34.5. The fourth-order valence-corrected chi connectivity index (χ4v) is 8.47. The molecular weight excluding hydrogens is 865 g/mol. The van der Waals surface area contributed by atoms with E-state index in [4.69, 9.17) is 14.2 Å². The fourth-order valence-electron chi connectivity index (χ4n) is 8.47. The van der Waals surface area contributed by atoms with Crippen LogP contribution in [0.1, 0.15) is 297 Å². The average Bonchev–Trinajstić information content (AvgIpc) is 3.36. The molecule has 0 rings (SSSR count). The Bertz CT molecular complexity index is 1310. The van der Waals surface area contributed by atoms with Crippen LogP contribution in [0, 0.1) is 0 Å². The molecule has 6 heteroatoms. The van der Waals surface area contributed by atoms with Gasteiger partial charge in [0.15, 0.2) is 6.10 Å². The van der Waals surface area contributed by atoms with Crippen LogP contribution in [0.2, 0.25) is 0 Å². The maximum Gasteiger partial charge on any atom is 0.306 e. The Kier molecular flexibility index (Phi) is 55.8. The van der Waals surface area contributed by atoms with Gasteiger partial charge in [-0.05, 0) is 89.9 Å². The summed E-state index contributed by atoms with van der Waals surface area (Å²) < 4.78 is 16.8. The van der Waals surface area contributed by atoms with Crippen LogP contribution in [0.25, 0.3) is 0 Å². The SMILES string of the molecule is CC/C=C\C/C=C\C/C=C\C/C=C\C/C=C\CCCCCCCCCCCCCCCCCC(=O)OCC(COC(=O)CCCCCCCCCC)OC(=O)CCCCCCC/C=C\CCCCCC. The van der Waals surface area contributed by atoms with Crippen LogP contribution in [0.4, 0.5) is 0 Å². The number of rotatable bonds is 54. The van der Waals surface area contributed by atoms with Gasteiger partial charge >= 0.3 is 17.9 Å². The predicted octanol–water partition coefficient (Wildman–Crippen LogP) is 20.2. The van der Waals surface area contributed by atoms with Gasteiger partial charge in [0.1, 0.15) is 13.2 Å². The third-order valence-corrected chi connectivity index (χ3v) is 12.9. The lowest BCUT2D eigenvalue weighted by Crippen LogP contribution is -2.30. The summed E-state index contributed by atoms with van der Waals surface area (Å²) in [6.07, 6.45) is 75.0. The highest BCUT2D eigenvalue weighted by atomic mass is 16.6. The molecule has 0 aliphatic heterocycles. The Morgan fingerprint density at radius 3 is 0.900 bits per heavy atom. The lowest BCUT2D eigenvalue weighted by molar-refractivity contribution is -0.167. The van der Waals surface area contributed by atoms with Gasteiger partial charge in [-0.1, -0.05) is 261 Å². The first-order valence-electron chi connectivity index (χ1n) is 29.9. The van der Waals surface area contributed by atoms with Crippen molar-refractivity contribution in [2.45, 2.75) is 303 Å². The molecule has 0 aromatic carbocycles. The number of ether oxygens (including phenoxy) is 3. The van der Waals surface area contributed by atoms with Crippen LogP contribution in [0.3, 0.4) is 0 Å². The number of carbonyl (C=O) groups excluding carboxylic acids is 3. The first-order valence-corrected chi connectivity index (χ1v) is 29.9. The van der Waals surface area contributed by atoms with Gasteiger partial charge in [-0.3, -0.25) is 14.4 Å². The molecule has 0 aliphatic rings. The van der Waals surface area contributed by atoms with Crippen LogP contribution in [-0.4, -0.2) is 37.2 Å². The molecule has 0 aromatic heterocycles. The molecule has 0 amide bonds. The number of hydrogen-bond acceptors (Lipinski definition) is 6. The minimum Gasteiger partial charge on any atom is -0.462 e. The van der Waals surface area contributed by atoms with Crippen molar-refractivity contribution >= 4 is 17.9 Å². The topological polar surface area (TPSA) is 78.9 Å². The van der Waals surface area contributed by atoms with Gasteiger partial charge in [-0.2, -0.15) is 0 Å². The lowest BCUT2D eigenvalue weighted by Gasteiger charge is -2.18. The minimum atomic E-state index is -0.774. The highest BCUT2D eigenvalue weighted by Gasteiger charge is 2.19. The summed E-state index contributed by atoms with van der Waals surface area (Å²) in [6, 6.07) is 0. The molecule has 0 spiro atoms. The summed E-state index contributed by atoms with van der Waals surface area (Å²) in [6.45, 7) is 6.49. The molecule has 6 nitrogen and oxygen atoms in total. The third kappa shape index (κ3) is 55.8. The summed E-state index contributed by atoms with van der Waals surface area (Å²) in [5.74, 6) is -0.879. The van der Waals surface area contributed by atoms with E-state index in [1.54, 1.807) is 0 Å². The molecule has 0 aromatic rings. The zero-order chi connectivity index (χ0) is 50.7. The second-order valence-electron chi connectivity index (χ2n) is 19.9. The van der Waals surface area contributed by atoms with Gasteiger partial charge < -0.3 is 14.2 Å². The van der Waals surface area contributed by atoms with E-state index in [1.807, 2.05) is 0 Å². The van der Waals surface area contributed by atoms with E-state index in [0.717, 1.165) is 103 Å². The highest BCUT2D eigenvalue weighted by molar-refractivity contribution is 5.71. The van der Waals surface area contributed by atoms with Gasteiger partial charge in [-0.15, -0.1) is 0 Å². The number of esters is 3. The third-order valence-electron chi connectivity index (χ3n) is 12.9. The second kappa shape index (κ2) is 58.4. The minimum absolute atomic E-state index is 0.0749. The first kappa shape index (κ1) is 66.9. The van der Waals surface area contributed by atoms with Crippen LogP contribution in [-0.2, 0) is 28.6 Å². The van der Waals surface area contributed by atoms with Gasteiger partial charge in [0.25, 0.3) is 0 Å². The van der Waals surface area contributed by atoms with Crippen molar-refractivity contribution in [2.75, 3.05) is 13.2 Å². The zero-order valence-corrected chi connectivity index (χ0v) is 46.3. The second-order valence-corrected chi connectivity index (χ2v) is 19.9. The summed E-state index contributed by atoms with van der Waals surface area (Å²) >= 11 is 0. The fraction of sp³-hybridized carbons (Fsp3) is 0.766. The van der Waals surface area contributed by atoms with Crippen molar-refractivity contribution < 1.29 is 28.6 Å². The molecule has 0 radical (unpaired) electrons. The van der Waals surface area contributed by atoms with E-state index in [0.29, 0.717) is 19.3 Å². The Hall–Kier alpha value is -3.15. The van der Waals surface area contributed by atoms with Crippen molar-refractivity contribution in [2.24, 2.45) is 0 Å². The Labute approximate surface area is 433 Å². The van der Waals surface area contributed by atoms with Gasteiger partial charge in [0.2, 0.25) is 0 Å². The van der Waals surface area contributed by atoms with Crippen molar-refractivity contribution in [1.82, 2.24) is 0 Å². The zero-order valence-electron chi connectivity index (χ0n) is 46.3. The van der Waals surface area contributed by atoms with Crippen molar-refractivity contribution in [1.29, 1.82) is 0 Å². The maximum atomic E-state index is 12.8. The van der Waals surface area contributed by atoms with Crippen LogP contribution >= 0.6 is 0 Å². The molecule has 1 atom stereocenters. The Morgan fingerprint density at radius 1 is 0.300 bits per heavy atom. The molecular formula is C64H112O6. The molecule has 0 saturated carbocycles. The van der Waals surface area contributed by atoms with Gasteiger partial charge in [0, 0.05) is 19.3 Å². The lowest BCUT2D eigenvalue weighted by atomic mass is 10.0. The molecule has 404 valence electrons. The van der Waals surface area contributed by atoms with Gasteiger partial charge in [-0.25, -0.2) is 0 Å². The van der Waals surface area contributed by atoms with Crippen molar-refractivity contribution in [3.8, 4) is 0 Å². The standard InChI is InChI=1S/C64H112O6/c1-4-7-10-13-16-19-21-23-24-25-26-27-28-29-30-31-32-33-34-35-36-37-38-39-40-42-43-45-48-51-54-57-63(66)69-60-61(59-68-62(65)56-53-50-47-18-15-12-9-6-3)70-64(67)58-55-52-49-46-44-41-22-20-17-14-11-8-5-2/h7,10,16,19-20,22-24,26-27,29-30,61H,4-6,8-9,11-15,17-18,21,25,28,31-60H2,1-3H3/b10-7-,19-16-,22-20-,24-23-,27-26-,30-29-. The average molecular weight is 978 g/mol. The molecule has 0 aliphatic carbocycles. The molecule has 0 fully saturated rings. The molecule has 70 heavy (non-hydrogen) atoms. The van der Waals surface area contributed by atoms with Crippen LogP contribution in [0.5, 0.6) is 0 Å². The quantitative estimate of drug-likeness (QED) is 0.0261. The van der Waals surface area contributed by atoms with Crippen LogP contribution < -0.4 is 0 Å². The van der Waals surface area contributed by atoms with E-state index in [-0.39, 0.29) is 31.1 Å². The van der Waals surface area contributed by atoms with E-state index in [1.165, 1.54) is 154 Å². The molecule has 0 N–H and O–H groups in total. The van der Waals surface area contributed by atoms with E-state index >= 15 is 0 Å². The Morgan fingerprint density at radius 2 is 0.557 bits per heavy atom.